The van der Waals surface area contributed by atoms with E-state index in [9.17, 15) is 4.79 Å². The quantitative estimate of drug-likeness (QED) is 0.808. The number of fused-ring (bicyclic) bond motifs is 6. The lowest BCUT2D eigenvalue weighted by molar-refractivity contribution is 0.0595. The lowest BCUT2D eigenvalue weighted by atomic mass is 9.82. The van der Waals surface area contributed by atoms with Crippen molar-refractivity contribution in [2.45, 2.75) is 25.0 Å². The Morgan fingerprint density at radius 1 is 0.955 bits per heavy atom. The van der Waals surface area contributed by atoms with Crippen molar-refractivity contribution in [3.63, 3.8) is 0 Å². The summed E-state index contributed by atoms with van der Waals surface area (Å²) in [4.78, 5) is 15.1. The molecule has 3 nitrogen and oxygen atoms in total. The van der Waals surface area contributed by atoms with Gasteiger partial charge in [0.2, 0.25) is 0 Å². The first-order chi connectivity index (χ1) is 10.8. The molecule has 0 aromatic heterocycles. The van der Waals surface area contributed by atoms with Crippen LogP contribution in [0.1, 0.15) is 23.2 Å². The molecule has 0 N–H and O–H groups in total. The molecular weight excluding hydrogens is 274 g/mol. The van der Waals surface area contributed by atoms with Gasteiger partial charge in [0.1, 0.15) is 0 Å². The van der Waals surface area contributed by atoms with E-state index in [4.69, 9.17) is 4.74 Å². The average molecular weight is 293 g/mol. The largest absolute Gasteiger partial charge is 0.374 e. The van der Waals surface area contributed by atoms with Gasteiger partial charge in [-0.1, -0.05) is 36.4 Å². The molecule has 2 aromatic rings. The molecule has 1 amide bonds. The summed E-state index contributed by atoms with van der Waals surface area (Å²) in [6, 6.07) is 14.2. The van der Waals surface area contributed by atoms with Gasteiger partial charge in [0, 0.05) is 30.5 Å². The highest BCUT2D eigenvalue weighted by atomic mass is 16.5. The van der Waals surface area contributed by atoms with Gasteiger partial charge in [-0.2, -0.15) is 0 Å². The molecule has 22 heavy (non-hydrogen) atoms. The van der Waals surface area contributed by atoms with Crippen molar-refractivity contribution in [3.8, 4) is 0 Å². The number of rotatable bonds is 1. The van der Waals surface area contributed by atoms with Gasteiger partial charge in [-0.15, -0.1) is 0 Å². The van der Waals surface area contributed by atoms with Crippen molar-refractivity contribution in [1.82, 2.24) is 4.90 Å². The lowest BCUT2D eigenvalue weighted by Crippen LogP contribution is -2.31. The molecule has 3 aliphatic rings. The van der Waals surface area contributed by atoms with E-state index in [1.807, 2.05) is 30.3 Å². The van der Waals surface area contributed by atoms with Gasteiger partial charge in [-0.3, -0.25) is 4.79 Å². The zero-order valence-electron chi connectivity index (χ0n) is 12.4. The minimum Gasteiger partial charge on any atom is -0.374 e. The van der Waals surface area contributed by atoms with Crippen LogP contribution in [0.25, 0.3) is 10.8 Å². The van der Waals surface area contributed by atoms with Crippen LogP contribution in [0.2, 0.25) is 0 Å². The predicted octanol–water partition coefficient (Wildman–Crippen LogP) is 3.09. The summed E-state index contributed by atoms with van der Waals surface area (Å²) in [5.74, 6) is 1.32. The third-order valence-corrected chi connectivity index (χ3v) is 5.76. The highest BCUT2D eigenvalue weighted by Crippen LogP contribution is 2.47. The maximum absolute atomic E-state index is 13.0. The highest BCUT2D eigenvalue weighted by Gasteiger charge is 2.53. The molecule has 3 heterocycles. The SMILES string of the molecule is O=C(c1cccc2ccccc12)N1C[C@H]2[C@H](C1)[C@H]1CC[C@H]2O1. The van der Waals surface area contributed by atoms with Crippen LogP contribution in [-0.2, 0) is 4.74 Å². The monoisotopic (exact) mass is 293 g/mol. The normalized spacial score (nSPS) is 32.6. The summed E-state index contributed by atoms with van der Waals surface area (Å²) < 4.78 is 6.01. The summed E-state index contributed by atoms with van der Waals surface area (Å²) in [5, 5.41) is 2.20. The molecule has 2 aromatic carbocycles. The molecule has 0 saturated carbocycles. The molecule has 3 fully saturated rings. The highest BCUT2D eigenvalue weighted by molar-refractivity contribution is 6.07. The topological polar surface area (TPSA) is 29.5 Å². The number of benzene rings is 2. The number of nitrogens with zero attached hydrogens (tertiary/aromatic N) is 1. The van der Waals surface area contributed by atoms with Gasteiger partial charge in [0.25, 0.3) is 5.91 Å². The molecule has 0 radical (unpaired) electrons. The molecule has 112 valence electrons. The molecule has 3 heteroatoms. The van der Waals surface area contributed by atoms with E-state index in [1.165, 1.54) is 12.8 Å². The maximum atomic E-state index is 13.0. The van der Waals surface area contributed by atoms with E-state index < -0.39 is 0 Å². The van der Waals surface area contributed by atoms with Gasteiger partial charge in [-0.05, 0) is 29.7 Å². The lowest BCUT2D eigenvalue weighted by Gasteiger charge is -2.19. The molecule has 0 unspecified atom stereocenters. The molecule has 2 bridgehead atoms. The molecule has 0 aliphatic carbocycles. The van der Waals surface area contributed by atoms with Crippen LogP contribution < -0.4 is 0 Å². The Morgan fingerprint density at radius 2 is 1.64 bits per heavy atom. The van der Waals surface area contributed by atoms with E-state index in [0.717, 1.165) is 29.4 Å². The number of hydrogen-bond acceptors (Lipinski definition) is 2. The van der Waals surface area contributed by atoms with Crippen molar-refractivity contribution in [2.24, 2.45) is 11.8 Å². The Morgan fingerprint density at radius 3 is 2.41 bits per heavy atom. The number of amides is 1. The summed E-state index contributed by atoms with van der Waals surface area (Å²) >= 11 is 0. The van der Waals surface area contributed by atoms with Crippen molar-refractivity contribution in [1.29, 1.82) is 0 Å². The zero-order chi connectivity index (χ0) is 14.7. The third kappa shape index (κ3) is 1.69. The standard InChI is InChI=1S/C19H19NO2/c21-19(14-7-3-5-12-4-1-2-6-13(12)14)20-10-15-16(11-20)18-9-8-17(15)22-18/h1-7,15-18H,8-11H2/t15-,16-,17+,18+/m0/s1. The van der Waals surface area contributed by atoms with Crippen LogP contribution in [0.5, 0.6) is 0 Å². The van der Waals surface area contributed by atoms with Crippen LogP contribution in [0, 0.1) is 11.8 Å². The van der Waals surface area contributed by atoms with E-state index in [-0.39, 0.29) is 5.91 Å². The predicted molar refractivity (Wildman–Crippen MR) is 84.7 cm³/mol. The Bertz CT molecular complexity index is 733. The molecular formula is C19H19NO2. The van der Waals surface area contributed by atoms with E-state index in [2.05, 4.69) is 17.0 Å². The molecule has 5 rings (SSSR count). The minimum atomic E-state index is 0.186. The van der Waals surface area contributed by atoms with Crippen LogP contribution in [0.15, 0.2) is 42.5 Å². The fourth-order valence-corrected chi connectivity index (χ4v) is 4.71. The summed E-state index contributed by atoms with van der Waals surface area (Å²) in [6.07, 6.45) is 3.17. The average Bonchev–Trinajstić information content (AvgIpc) is 3.26. The Kier molecular flexibility index (Phi) is 2.62. The second kappa shape index (κ2) is 4.56. The van der Waals surface area contributed by atoms with Crippen LogP contribution in [0.3, 0.4) is 0 Å². The smallest absolute Gasteiger partial charge is 0.254 e. The summed E-state index contributed by atoms with van der Waals surface area (Å²) in [5.41, 5.74) is 0.839. The second-order valence-electron chi connectivity index (χ2n) is 6.85. The van der Waals surface area contributed by atoms with Gasteiger partial charge >= 0.3 is 0 Å². The second-order valence-corrected chi connectivity index (χ2v) is 6.85. The number of ether oxygens (including phenoxy) is 1. The summed E-state index contributed by atoms with van der Waals surface area (Å²) in [6.45, 7) is 1.74. The van der Waals surface area contributed by atoms with Crippen molar-refractivity contribution in [2.75, 3.05) is 13.1 Å². The van der Waals surface area contributed by atoms with Crippen molar-refractivity contribution in [3.05, 3.63) is 48.0 Å². The van der Waals surface area contributed by atoms with Crippen LogP contribution in [-0.4, -0.2) is 36.1 Å². The van der Waals surface area contributed by atoms with Crippen molar-refractivity contribution >= 4 is 16.7 Å². The minimum absolute atomic E-state index is 0.186. The number of carbonyl (C=O) groups excluding carboxylic acids is 1. The first-order valence-corrected chi connectivity index (χ1v) is 8.24. The number of likely N-dealkylation sites (tertiary alicyclic amines) is 1. The fraction of sp³-hybridized carbons (Fsp3) is 0.421. The molecule has 4 atom stereocenters. The molecule has 0 spiro atoms. The third-order valence-electron chi connectivity index (χ3n) is 5.76. The first-order valence-electron chi connectivity index (χ1n) is 8.24. The van der Waals surface area contributed by atoms with Gasteiger partial charge in [0.15, 0.2) is 0 Å². The Hall–Kier alpha value is -1.87. The molecule has 3 saturated heterocycles. The van der Waals surface area contributed by atoms with Crippen LogP contribution in [0.4, 0.5) is 0 Å². The van der Waals surface area contributed by atoms with Crippen LogP contribution >= 0.6 is 0 Å². The molecule has 3 aliphatic heterocycles. The first kappa shape index (κ1) is 12.7. The fourth-order valence-electron chi connectivity index (χ4n) is 4.71. The van der Waals surface area contributed by atoms with E-state index in [0.29, 0.717) is 24.0 Å². The maximum Gasteiger partial charge on any atom is 0.254 e. The van der Waals surface area contributed by atoms with Gasteiger partial charge < -0.3 is 9.64 Å². The zero-order valence-corrected chi connectivity index (χ0v) is 12.4. The van der Waals surface area contributed by atoms with Gasteiger partial charge in [0.05, 0.1) is 12.2 Å². The Balaban J connectivity index is 1.47. The Labute approximate surface area is 129 Å². The van der Waals surface area contributed by atoms with E-state index >= 15 is 0 Å². The number of carbonyl (C=O) groups is 1. The van der Waals surface area contributed by atoms with E-state index in [1.54, 1.807) is 0 Å². The number of hydrogen-bond donors (Lipinski definition) is 0. The summed E-state index contributed by atoms with van der Waals surface area (Å²) in [7, 11) is 0. The van der Waals surface area contributed by atoms with Crippen molar-refractivity contribution < 1.29 is 9.53 Å². The van der Waals surface area contributed by atoms with Gasteiger partial charge in [-0.25, -0.2) is 0 Å².